The molecule has 0 bridgehead atoms. The van der Waals surface area contributed by atoms with Crippen LogP contribution in [0.25, 0.3) is 0 Å². The second kappa shape index (κ2) is 9.76. The maximum absolute atomic E-state index is 13.6. The Balaban J connectivity index is 1.68. The molecule has 3 aromatic rings. The first-order valence-electron chi connectivity index (χ1n) is 11.1. The molecule has 0 saturated heterocycles. The summed E-state index contributed by atoms with van der Waals surface area (Å²) in [5, 5.41) is 2.59. The number of fused-ring (bicyclic) bond motifs is 1. The van der Waals surface area contributed by atoms with E-state index in [0.29, 0.717) is 41.4 Å². The number of nitrogens with one attached hydrogen (secondary N) is 1. The summed E-state index contributed by atoms with van der Waals surface area (Å²) in [5.41, 5.74) is -0.120. The second-order valence-electron chi connectivity index (χ2n) is 8.69. The highest BCUT2D eigenvalue weighted by Gasteiger charge is 2.36. The monoisotopic (exact) mass is 529 g/mol. The summed E-state index contributed by atoms with van der Waals surface area (Å²) in [6.07, 6.45) is -7.18. The quantitative estimate of drug-likeness (QED) is 0.368. The van der Waals surface area contributed by atoms with Gasteiger partial charge in [0.15, 0.2) is 0 Å². The van der Waals surface area contributed by atoms with Gasteiger partial charge in [-0.25, -0.2) is 15.0 Å². The number of aromatic nitrogens is 3. The van der Waals surface area contributed by atoms with Crippen LogP contribution in [-0.4, -0.2) is 28.0 Å². The van der Waals surface area contributed by atoms with E-state index in [2.05, 4.69) is 20.3 Å². The molecule has 0 amide bonds. The average molecular weight is 530 g/mol. The third-order valence-electron chi connectivity index (χ3n) is 5.81. The Morgan fingerprint density at radius 3 is 2.28 bits per heavy atom. The minimum atomic E-state index is -4.59. The van der Waals surface area contributed by atoms with Crippen molar-refractivity contribution in [3.05, 3.63) is 69.8 Å². The fraction of sp³-hybridized carbons (Fsp3) is 0.375. The standard InChI is InChI=1S/C24H22ClF6N5/c1-13(2)20-34-19-8-11-36(22-17(24(29,30)31)4-3-9-32-22)10-7-15(19)21(35-20)33-14-5-6-16(18(25)12-14)23(26,27)28/h3-6,9,12-13H,7-8,10-11H2,1-2H3,(H,33,34,35). The molecule has 0 spiro atoms. The Morgan fingerprint density at radius 2 is 1.64 bits per heavy atom. The van der Waals surface area contributed by atoms with Crippen molar-refractivity contribution in [3.8, 4) is 0 Å². The Morgan fingerprint density at radius 1 is 0.944 bits per heavy atom. The molecule has 0 unspecified atom stereocenters. The first-order valence-corrected chi connectivity index (χ1v) is 11.5. The molecular formula is C24H22ClF6N5. The number of hydrogen-bond donors (Lipinski definition) is 1. The van der Waals surface area contributed by atoms with Crippen LogP contribution in [0.5, 0.6) is 0 Å². The molecule has 2 aromatic heterocycles. The van der Waals surface area contributed by atoms with E-state index in [1.165, 1.54) is 24.4 Å². The number of pyridine rings is 1. The molecule has 0 fully saturated rings. The zero-order valence-corrected chi connectivity index (χ0v) is 20.1. The van der Waals surface area contributed by atoms with E-state index in [4.69, 9.17) is 11.6 Å². The summed E-state index contributed by atoms with van der Waals surface area (Å²) < 4.78 is 80.0. The summed E-state index contributed by atoms with van der Waals surface area (Å²) in [6.45, 7) is 4.27. The molecule has 0 radical (unpaired) electrons. The van der Waals surface area contributed by atoms with Crippen molar-refractivity contribution in [2.24, 2.45) is 0 Å². The maximum atomic E-state index is 13.6. The van der Waals surface area contributed by atoms with Crippen molar-refractivity contribution in [2.45, 2.75) is 45.0 Å². The Bertz CT molecular complexity index is 1260. The van der Waals surface area contributed by atoms with E-state index in [1.54, 1.807) is 4.90 Å². The Labute approximate surface area is 208 Å². The van der Waals surface area contributed by atoms with Gasteiger partial charge < -0.3 is 10.2 Å². The lowest BCUT2D eigenvalue weighted by atomic mass is 10.1. The highest BCUT2D eigenvalue weighted by molar-refractivity contribution is 6.31. The second-order valence-corrected chi connectivity index (χ2v) is 9.09. The van der Waals surface area contributed by atoms with E-state index in [1.807, 2.05) is 13.8 Å². The largest absolute Gasteiger partial charge is 0.419 e. The van der Waals surface area contributed by atoms with Gasteiger partial charge in [0.1, 0.15) is 17.5 Å². The van der Waals surface area contributed by atoms with Crippen LogP contribution < -0.4 is 10.2 Å². The fourth-order valence-electron chi connectivity index (χ4n) is 4.02. The zero-order chi connectivity index (χ0) is 26.3. The van der Waals surface area contributed by atoms with E-state index >= 15 is 0 Å². The normalized spacial score (nSPS) is 14.6. The summed E-state index contributed by atoms with van der Waals surface area (Å²) >= 11 is 5.87. The van der Waals surface area contributed by atoms with Crippen LogP contribution in [0.2, 0.25) is 5.02 Å². The lowest BCUT2D eigenvalue weighted by Gasteiger charge is -2.24. The molecule has 12 heteroatoms. The first-order chi connectivity index (χ1) is 16.8. The minimum Gasteiger partial charge on any atom is -0.355 e. The summed E-state index contributed by atoms with van der Waals surface area (Å²) in [7, 11) is 0. The smallest absolute Gasteiger partial charge is 0.355 e. The molecule has 1 aliphatic heterocycles. The molecule has 3 heterocycles. The third-order valence-corrected chi connectivity index (χ3v) is 6.12. The van der Waals surface area contributed by atoms with Crippen molar-refractivity contribution in [2.75, 3.05) is 23.3 Å². The van der Waals surface area contributed by atoms with Gasteiger partial charge in [0.2, 0.25) is 0 Å². The van der Waals surface area contributed by atoms with Crippen molar-refractivity contribution in [1.29, 1.82) is 0 Å². The van der Waals surface area contributed by atoms with Crippen LogP contribution in [-0.2, 0) is 25.2 Å². The van der Waals surface area contributed by atoms with Crippen LogP contribution in [0.1, 0.15) is 48.0 Å². The molecule has 4 rings (SSSR count). The molecule has 36 heavy (non-hydrogen) atoms. The SMILES string of the molecule is CC(C)c1nc2c(c(Nc3ccc(C(F)(F)F)c(Cl)c3)n1)CCN(c1ncccc1C(F)(F)F)CC2. The summed E-state index contributed by atoms with van der Waals surface area (Å²) in [4.78, 5) is 14.8. The Hall–Kier alpha value is -3.08. The highest BCUT2D eigenvalue weighted by Crippen LogP contribution is 2.38. The van der Waals surface area contributed by atoms with E-state index < -0.39 is 28.5 Å². The van der Waals surface area contributed by atoms with Gasteiger partial charge in [-0.1, -0.05) is 25.4 Å². The molecule has 192 valence electrons. The van der Waals surface area contributed by atoms with Gasteiger partial charge >= 0.3 is 12.4 Å². The van der Waals surface area contributed by atoms with Gasteiger partial charge in [-0.2, -0.15) is 26.3 Å². The van der Waals surface area contributed by atoms with Crippen LogP contribution in [0.3, 0.4) is 0 Å². The lowest BCUT2D eigenvalue weighted by molar-refractivity contribution is -0.138. The topological polar surface area (TPSA) is 53.9 Å². The maximum Gasteiger partial charge on any atom is 0.419 e. The fourth-order valence-corrected chi connectivity index (χ4v) is 4.31. The number of hydrogen-bond acceptors (Lipinski definition) is 5. The number of alkyl halides is 6. The van der Waals surface area contributed by atoms with Crippen LogP contribution in [0.15, 0.2) is 36.5 Å². The van der Waals surface area contributed by atoms with Crippen LogP contribution in [0.4, 0.5) is 43.7 Å². The van der Waals surface area contributed by atoms with Crippen molar-refractivity contribution >= 4 is 28.9 Å². The third kappa shape index (κ3) is 5.50. The van der Waals surface area contributed by atoms with Gasteiger partial charge in [0.05, 0.1) is 21.8 Å². The van der Waals surface area contributed by atoms with Crippen molar-refractivity contribution in [3.63, 3.8) is 0 Å². The van der Waals surface area contributed by atoms with Gasteiger partial charge in [-0.15, -0.1) is 0 Å². The van der Waals surface area contributed by atoms with Crippen LogP contribution in [0, 0.1) is 0 Å². The van der Waals surface area contributed by atoms with E-state index in [-0.39, 0.29) is 24.8 Å². The average Bonchev–Trinajstić information content (AvgIpc) is 3.00. The molecule has 0 saturated carbocycles. The summed E-state index contributed by atoms with van der Waals surface area (Å²) in [6, 6.07) is 5.55. The van der Waals surface area contributed by atoms with Gasteiger partial charge in [0, 0.05) is 42.9 Å². The van der Waals surface area contributed by atoms with E-state index in [9.17, 15) is 26.3 Å². The lowest BCUT2D eigenvalue weighted by Crippen LogP contribution is -2.29. The number of halogens is 7. The predicted octanol–water partition coefficient (Wildman–Crippen LogP) is 7.03. The number of anilines is 3. The van der Waals surface area contributed by atoms with Gasteiger partial charge in [-0.3, -0.25) is 0 Å². The summed E-state index contributed by atoms with van der Waals surface area (Å²) in [5.74, 6) is 0.688. The van der Waals surface area contributed by atoms with Gasteiger partial charge in [0.25, 0.3) is 0 Å². The zero-order valence-electron chi connectivity index (χ0n) is 19.3. The number of nitrogens with zero attached hydrogens (tertiary/aromatic N) is 4. The predicted molar refractivity (Wildman–Crippen MR) is 125 cm³/mol. The first kappa shape index (κ1) is 26.0. The van der Waals surface area contributed by atoms with E-state index in [0.717, 1.165) is 12.1 Å². The molecule has 0 atom stereocenters. The molecular weight excluding hydrogens is 508 g/mol. The molecule has 1 aromatic carbocycles. The number of rotatable bonds is 4. The molecule has 5 nitrogen and oxygen atoms in total. The minimum absolute atomic E-state index is 0.0565. The van der Waals surface area contributed by atoms with Gasteiger partial charge in [-0.05, 0) is 36.8 Å². The van der Waals surface area contributed by atoms with Crippen molar-refractivity contribution < 1.29 is 26.3 Å². The highest BCUT2D eigenvalue weighted by atomic mass is 35.5. The molecule has 1 N–H and O–H groups in total. The molecule has 0 aliphatic carbocycles. The molecule has 1 aliphatic rings. The van der Waals surface area contributed by atoms with Crippen molar-refractivity contribution in [1.82, 2.24) is 15.0 Å². The Kier molecular flexibility index (Phi) is 7.05. The van der Waals surface area contributed by atoms with Crippen LogP contribution >= 0.6 is 11.6 Å². The number of benzene rings is 1.